The Balaban J connectivity index is 2.12. The molecule has 1 aromatic rings. The Morgan fingerprint density at radius 2 is 2.08 bits per heavy atom. The molecule has 1 fully saturated rings. The molecule has 26 heavy (non-hydrogen) atoms. The second-order valence-corrected chi connectivity index (χ2v) is 7.09. The summed E-state index contributed by atoms with van der Waals surface area (Å²) in [7, 11) is 0. The van der Waals surface area contributed by atoms with Gasteiger partial charge in [0, 0.05) is 6.61 Å². The highest BCUT2D eigenvalue weighted by atomic mass is 16.5. The number of carbonyl (C=O) groups excluding carboxylic acids is 1. The number of hydrogen-bond donors (Lipinski definition) is 1. The van der Waals surface area contributed by atoms with Crippen LogP contribution in [-0.4, -0.2) is 24.7 Å². The molecule has 0 aromatic heterocycles. The summed E-state index contributed by atoms with van der Waals surface area (Å²) >= 11 is 0. The van der Waals surface area contributed by atoms with E-state index in [2.05, 4.69) is 25.2 Å². The summed E-state index contributed by atoms with van der Waals surface area (Å²) in [6, 6.07) is 7.37. The second-order valence-electron chi connectivity index (χ2n) is 7.09. The van der Waals surface area contributed by atoms with Gasteiger partial charge in [-0.15, -0.1) is 0 Å². The highest BCUT2D eigenvalue weighted by molar-refractivity contribution is 5.98. The average molecular weight is 358 g/mol. The molecule has 2 rings (SSSR count). The molecule has 0 spiro atoms. The van der Waals surface area contributed by atoms with Gasteiger partial charge in [-0.3, -0.25) is 4.79 Å². The fraction of sp³-hybridized carbons (Fsp3) is 0.619. The number of anilines is 1. The van der Waals surface area contributed by atoms with Crippen LogP contribution in [0.15, 0.2) is 18.2 Å². The number of benzene rings is 1. The molecule has 1 aliphatic rings. The largest absolute Gasteiger partial charge is 0.494 e. The van der Waals surface area contributed by atoms with Crippen LogP contribution in [0.2, 0.25) is 0 Å². The van der Waals surface area contributed by atoms with E-state index in [4.69, 9.17) is 9.47 Å². The average Bonchev–Trinajstić information content (AvgIpc) is 2.65. The van der Waals surface area contributed by atoms with Crippen LogP contribution in [0, 0.1) is 17.2 Å². The number of nitrogens with zero attached hydrogens (tertiary/aromatic N) is 1. The molecule has 0 aliphatic heterocycles. The SMILES string of the molecule is CCCCOc1ccc(NC(=O)C2(OCC)CCC(C)CC2)c(C#N)c1. The van der Waals surface area contributed by atoms with Gasteiger partial charge in [0.1, 0.15) is 17.4 Å². The number of nitriles is 1. The van der Waals surface area contributed by atoms with Crippen LogP contribution in [0.1, 0.15) is 64.9 Å². The molecule has 1 saturated carbocycles. The van der Waals surface area contributed by atoms with Crippen LogP contribution < -0.4 is 10.1 Å². The summed E-state index contributed by atoms with van der Waals surface area (Å²) in [5, 5.41) is 12.4. The van der Waals surface area contributed by atoms with E-state index in [0.717, 1.165) is 25.7 Å². The Bertz CT molecular complexity index is 643. The van der Waals surface area contributed by atoms with E-state index in [1.807, 2.05) is 6.92 Å². The number of carbonyl (C=O) groups is 1. The molecule has 0 bridgehead atoms. The van der Waals surface area contributed by atoms with Gasteiger partial charge in [0.2, 0.25) is 0 Å². The van der Waals surface area contributed by atoms with Gasteiger partial charge in [-0.25, -0.2) is 0 Å². The van der Waals surface area contributed by atoms with Gasteiger partial charge in [-0.1, -0.05) is 20.3 Å². The van der Waals surface area contributed by atoms with Crippen LogP contribution in [0.25, 0.3) is 0 Å². The van der Waals surface area contributed by atoms with Crippen molar-refractivity contribution >= 4 is 11.6 Å². The van der Waals surface area contributed by atoms with Crippen LogP contribution in [0.3, 0.4) is 0 Å². The Kier molecular flexibility index (Phi) is 7.47. The highest BCUT2D eigenvalue weighted by Gasteiger charge is 2.42. The zero-order valence-electron chi connectivity index (χ0n) is 16.1. The summed E-state index contributed by atoms with van der Waals surface area (Å²) in [4.78, 5) is 13.0. The van der Waals surface area contributed by atoms with Gasteiger partial charge in [-0.2, -0.15) is 5.26 Å². The van der Waals surface area contributed by atoms with Crippen molar-refractivity contribution in [2.24, 2.45) is 5.92 Å². The van der Waals surface area contributed by atoms with E-state index in [1.54, 1.807) is 18.2 Å². The van der Waals surface area contributed by atoms with E-state index in [9.17, 15) is 10.1 Å². The third kappa shape index (κ3) is 4.98. The van der Waals surface area contributed by atoms with Crippen molar-refractivity contribution in [2.75, 3.05) is 18.5 Å². The lowest BCUT2D eigenvalue weighted by molar-refractivity contribution is -0.146. The lowest BCUT2D eigenvalue weighted by atomic mass is 9.78. The quantitative estimate of drug-likeness (QED) is 0.686. The predicted molar refractivity (Wildman–Crippen MR) is 102 cm³/mol. The first-order valence-electron chi connectivity index (χ1n) is 9.67. The summed E-state index contributed by atoms with van der Waals surface area (Å²) < 4.78 is 11.5. The molecule has 0 heterocycles. The number of amides is 1. The first-order valence-corrected chi connectivity index (χ1v) is 9.67. The summed E-state index contributed by atoms with van der Waals surface area (Å²) in [6.45, 7) is 7.34. The molecule has 1 aromatic carbocycles. The number of unbranched alkanes of at least 4 members (excludes halogenated alkanes) is 1. The fourth-order valence-electron chi connectivity index (χ4n) is 3.33. The van der Waals surface area contributed by atoms with Crippen molar-refractivity contribution in [3.8, 4) is 11.8 Å². The minimum absolute atomic E-state index is 0.151. The van der Waals surface area contributed by atoms with Crippen molar-refractivity contribution < 1.29 is 14.3 Å². The van der Waals surface area contributed by atoms with Gasteiger partial charge in [-0.05, 0) is 63.1 Å². The van der Waals surface area contributed by atoms with E-state index < -0.39 is 5.60 Å². The number of ether oxygens (including phenoxy) is 2. The number of rotatable bonds is 8. The minimum Gasteiger partial charge on any atom is -0.494 e. The van der Waals surface area contributed by atoms with E-state index in [1.165, 1.54) is 0 Å². The molecular formula is C21H30N2O3. The van der Waals surface area contributed by atoms with Gasteiger partial charge in [0.15, 0.2) is 0 Å². The number of hydrogen-bond acceptors (Lipinski definition) is 4. The smallest absolute Gasteiger partial charge is 0.256 e. The van der Waals surface area contributed by atoms with E-state index in [0.29, 0.717) is 49.0 Å². The third-order valence-corrected chi connectivity index (χ3v) is 5.04. The lowest BCUT2D eigenvalue weighted by Gasteiger charge is -2.37. The normalized spacial score (nSPS) is 22.5. The molecule has 0 radical (unpaired) electrons. The second kappa shape index (κ2) is 9.59. The highest BCUT2D eigenvalue weighted by Crippen LogP contribution is 2.36. The molecule has 0 saturated heterocycles. The van der Waals surface area contributed by atoms with Crippen LogP contribution in [0.4, 0.5) is 5.69 Å². The Morgan fingerprint density at radius 1 is 1.35 bits per heavy atom. The monoisotopic (exact) mass is 358 g/mol. The molecule has 142 valence electrons. The Labute approximate surface area is 156 Å². The molecule has 5 nitrogen and oxygen atoms in total. The van der Waals surface area contributed by atoms with E-state index >= 15 is 0 Å². The standard InChI is InChI=1S/C21H30N2O3/c1-4-6-13-25-18-7-8-19(17(14-18)15-22)23-20(24)21(26-5-2)11-9-16(3)10-12-21/h7-8,14,16H,4-6,9-13H2,1-3H3,(H,23,24). The first kappa shape index (κ1) is 20.3. The van der Waals surface area contributed by atoms with Gasteiger partial charge < -0.3 is 14.8 Å². The zero-order valence-corrected chi connectivity index (χ0v) is 16.1. The Hall–Kier alpha value is -2.06. The fourth-order valence-corrected chi connectivity index (χ4v) is 3.33. The summed E-state index contributed by atoms with van der Waals surface area (Å²) in [5.74, 6) is 1.12. The molecule has 1 N–H and O–H groups in total. The zero-order chi connectivity index (χ0) is 19.0. The van der Waals surface area contributed by atoms with Crippen LogP contribution in [-0.2, 0) is 9.53 Å². The van der Waals surface area contributed by atoms with Crippen LogP contribution in [0.5, 0.6) is 5.75 Å². The summed E-state index contributed by atoms with van der Waals surface area (Å²) in [6.07, 6.45) is 5.40. The van der Waals surface area contributed by atoms with Crippen molar-refractivity contribution in [3.05, 3.63) is 23.8 Å². The maximum atomic E-state index is 13.0. The van der Waals surface area contributed by atoms with E-state index in [-0.39, 0.29) is 5.91 Å². The first-order chi connectivity index (χ1) is 12.5. The predicted octanol–water partition coefficient (Wildman–Crippen LogP) is 4.66. The lowest BCUT2D eigenvalue weighted by Crippen LogP contribution is -2.48. The molecule has 0 unspecified atom stereocenters. The van der Waals surface area contributed by atoms with Crippen molar-refractivity contribution in [1.82, 2.24) is 0 Å². The summed E-state index contributed by atoms with van der Waals surface area (Å²) in [5.41, 5.74) is 0.130. The third-order valence-electron chi connectivity index (χ3n) is 5.04. The topological polar surface area (TPSA) is 71.3 Å². The van der Waals surface area contributed by atoms with Crippen LogP contribution >= 0.6 is 0 Å². The minimum atomic E-state index is -0.787. The molecular weight excluding hydrogens is 328 g/mol. The van der Waals surface area contributed by atoms with Crippen molar-refractivity contribution in [2.45, 2.75) is 64.9 Å². The van der Waals surface area contributed by atoms with Crippen molar-refractivity contribution in [3.63, 3.8) is 0 Å². The van der Waals surface area contributed by atoms with Gasteiger partial charge >= 0.3 is 0 Å². The molecule has 5 heteroatoms. The maximum absolute atomic E-state index is 13.0. The molecule has 1 amide bonds. The molecule has 0 atom stereocenters. The number of nitrogens with one attached hydrogen (secondary N) is 1. The van der Waals surface area contributed by atoms with Gasteiger partial charge in [0.25, 0.3) is 5.91 Å². The molecule has 1 aliphatic carbocycles. The van der Waals surface area contributed by atoms with Gasteiger partial charge in [0.05, 0.1) is 17.9 Å². The maximum Gasteiger partial charge on any atom is 0.256 e. The Morgan fingerprint density at radius 3 is 2.69 bits per heavy atom. The van der Waals surface area contributed by atoms with Crippen molar-refractivity contribution in [1.29, 1.82) is 5.26 Å².